The quantitative estimate of drug-likeness (QED) is 0.529. The molecule has 2 aromatic carbocycles. The number of unbranched alkanes of at least 4 members (excludes halogenated alkanes) is 1. The molecule has 1 N–H and O–H groups in total. The summed E-state index contributed by atoms with van der Waals surface area (Å²) in [5.74, 6) is -0.299. The van der Waals surface area contributed by atoms with Gasteiger partial charge in [0.05, 0.1) is 18.1 Å². The number of likely N-dealkylation sites (tertiary alicyclic amines) is 1. The van der Waals surface area contributed by atoms with Gasteiger partial charge in [-0.2, -0.15) is 0 Å². The van der Waals surface area contributed by atoms with E-state index in [-0.39, 0.29) is 17.8 Å². The minimum atomic E-state index is -0.319. The minimum absolute atomic E-state index is 0.0221. The van der Waals surface area contributed by atoms with E-state index in [0.29, 0.717) is 17.9 Å². The third-order valence-corrected chi connectivity index (χ3v) is 5.24. The third kappa shape index (κ3) is 6.43. The molecule has 1 aliphatic rings. The molecule has 1 amide bonds. The molecule has 2 aromatic rings. The maximum Gasteiger partial charge on any atom is 0.338 e. The molecular formula is C24H30N2O3. The zero-order valence-electron chi connectivity index (χ0n) is 17.1. The predicted molar refractivity (Wildman–Crippen MR) is 115 cm³/mol. The fourth-order valence-corrected chi connectivity index (χ4v) is 3.58. The molecule has 1 saturated heterocycles. The van der Waals surface area contributed by atoms with E-state index in [2.05, 4.69) is 29.3 Å². The van der Waals surface area contributed by atoms with Gasteiger partial charge in [-0.3, -0.25) is 9.69 Å². The summed E-state index contributed by atoms with van der Waals surface area (Å²) in [5.41, 5.74) is 2.49. The van der Waals surface area contributed by atoms with Gasteiger partial charge in [-0.15, -0.1) is 0 Å². The van der Waals surface area contributed by atoms with E-state index in [1.54, 1.807) is 24.3 Å². The van der Waals surface area contributed by atoms with Crippen molar-refractivity contribution in [2.75, 3.05) is 25.0 Å². The maximum atomic E-state index is 12.7. The van der Waals surface area contributed by atoms with Gasteiger partial charge in [0, 0.05) is 18.8 Å². The Bertz CT molecular complexity index is 790. The Morgan fingerprint density at radius 1 is 1.10 bits per heavy atom. The maximum absolute atomic E-state index is 12.7. The van der Waals surface area contributed by atoms with Crippen molar-refractivity contribution < 1.29 is 14.3 Å². The molecule has 5 nitrogen and oxygen atoms in total. The van der Waals surface area contributed by atoms with Crippen LogP contribution in [0.15, 0.2) is 54.6 Å². The molecule has 1 fully saturated rings. The Morgan fingerprint density at radius 2 is 1.86 bits per heavy atom. The first kappa shape index (κ1) is 21.1. The van der Waals surface area contributed by atoms with Crippen molar-refractivity contribution in [3.8, 4) is 0 Å². The number of amides is 1. The van der Waals surface area contributed by atoms with E-state index >= 15 is 0 Å². The van der Waals surface area contributed by atoms with Gasteiger partial charge in [-0.05, 0) is 55.6 Å². The van der Waals surface area contributed by atoms with Crippen molar-refractivity contribution >= 4 is 17.6 Å². The number of nitrogens with one attached hydrogen (secondary N) is 1. The molecule has 0 saturated carbocycles. The van der Waals surface area contributed by atoms with E-state index in [9.17, 15) is 9.59 Å². The first-order valence-corrected chi connectivity index (χ1v) is 10.5. The lowest BCUT2D eigenvalue weighted by Gasteiger charge is -2.32. The zero-order chi connectivity index (χ0) is 20.5. The fourth-order valence-electron chi connectivity index (χ4n) is 3.58. The number of benzene rings is 2. The normalized spacial score (nSPS) is 16.9. The minimum Gasteiger partial charge on any atom is -0.462 e. The summed E-state index contributed by atoms with van der Waals surface area (Å²) in [6, 6.07) is 17.3. The molecule has 5 heteroatoms. The van der Waals surface area contributed by atoms with E-state index in [0.717, 1.165) is 45.3 Å². The Morgan fingerprint density at radius 3 is 2.59 bits per heavy atom. The SMILES string of the molecule is CCCCOC(=O)c1ccc(NC(=O)[C@H]2CCCN(Cc3ccccc3)C2)cc1. The van der Waals surface area contributed by atoms with Gasteiger partial charge in [-0.25, -0.2) is 4.79 Å². The van der Waals surface area contributed by atoms with Crippen LogP contribution in [0.2, 0.25) is 0 Å². The number of carbonyl (C=O) groups is 2. The Labute approximate surface area is 173 Å². The van der Waals surface area contributed by atoms with E-state index in [4.69, 9.17) is 4.74 Å². The lowest BCUT2D eigenvalue weighted by Crippen LogP contribution is -2.40. The van der Waals surface area contributed by atoms with Gasteiger partial charge in [0.15, 0.2) is 0 Å². The molecule has 0 unspecified atom stereocenters. The highest BCUT2D eigenvalue weighted by Gasteiger charge is 2.25. The lowest BCUT2D eigenvalue weighted by molar-refractivity contribution is -0.121. The lowest BCUT2D eigenvalue weighted by atomic mass is 9.96. The first-order chi connectivity index (χ1) is 14.2. The molecule has 29 heavy (non-hydrogen) atoms. The summed E-state index contributed by atoms with van der Waals surface area (Å²) in [7, 11) is 0. The van der Waals surface area contributed by atoms with Crippen molar-refractivity contribution in [2.45, 2.75) is 39.2 Å². The summed E-state index contributed by atoms with van der Waals surface area (Å²) in [6.45, 7) is 5.16. The predicted octanol–water partition coefficient (Wildman–Crippen LogP) is 4.49. The van der Waals surface area contributed by atoms with Crippen LogP contribution in [0.1, 0.15) is 48.5 Å². The topological polar surface area (TPSA) is 58.6 Å². The standard InChI is InChI=1S/C24H30N2O3/c1-2-3-16-29-24(28)20-11-13-22(14-12-20)25-23(27)21-10-7-15-26(18-21)17-19-8-5-4-6-9-19/h4-6,8-9,11-14,21H,2-3,7,10,15-18H2,1H3,(H,25,27)/t21-/m0/s1. The summed E-state index contributed by atoms with van der Waals surface area (Å²) in [6.07, 6.45) is 3.77. The van der Waals surface area contributed by atoms with Crippen LogP contribution in [0.5, 0.6) is 0 Å². The summed E-state index contributed by atoms with van der Waals surface area (Å²) in [4.78, 5) is 27.0. The summed E-state index contributed by atoms with van der Waals surface area (Å²) in [5, 5.41) is 3.00. The highest BCUT2D eigenvalue weighted by molar-refractivity contribution is 5.94. The Balaban J connectivity index is 1.50. The van der Waals surface area contributed by atoms with E-state index in [1.807, 2.05) is 18.2 Å². The van der Waals surface area contributed by atoms with E-state index < -0.39 is 0 Å². The Hall–Kier alpha value is -2.66. The Kier molecular flexibility index (Phi) is 7.82. The highest BCUT2D eigenvalue weighted by Crippen LogP contribution is 2.21. The second-order valence-electron chi connectivity index (χ2n) is 7.62. The molecule has 1 heterocycles. The van der Waals surface area contributed by atoms with Crippen LogP contribution in [0.3, 0.4) is 0 Å². The molecule has 0 spiro atoms. The number of esters is 1. The zero-order valence-corrected chi connectivity index (χ0v) is 17.1. The van der Waals surface area contributed by atoms with Crippen molar-refractivity contribution in [3.63, 3.8) is 0 Å². The number of hydrogen-bond donors (Lipinski definition) is 1. The van der Waals surface area contributed by atoms with Crippen LogP contribution in [0.4, 0.5) is 5.69 Å². The molecule has 1 aliphatic heterocycles. The van der Waals surface area contributed by atoms with Gasteiger partial charge >= 0.3 is 5.97 Å². The number of rotatable bonds is 8. The second kappa shape index (κ2) is 10.8. The van der Waals surface area contributed by atoms with Crippen LogP contribution < -0.4 is 5.32 Å². The van der Waals surface area contributed by atoms with Gasteiger partial charge in [0.25, 0.3) is 0 Å². The van der Waals surface area contributed by atoms with Crippen molar-refractivity contribution in [2.24, 2.45) is 5.92 Å². The second-order valence-corrected chi connectivity index (χ2v) is 7.62. The number of piperidine rings is 1. The number of nitrogens with zero attached hydrogens (tertiary/aromatic N) is 1. The van der Waals surface area contributed by atoms with Crippen LogP contribution >= 0.6 is 0 Å². The average molecular weight is 395 g/mol. The molecular weight excluding hydrogens is 364 g/mol. The number of hydrogen-bond acceptors (Lipinski definition) is 4. The largest absolute Gasteiger partial charge is 0.462 e. The molecule has 154 valence electrons. The molecule has 0 aliphatic carbocycles. The van der Waals surface area contributed by atoms with Crippen molar-refractivity contribution in [3.05, 3.63) is 65.7 Å². The first-order valence-electron chi connectivity index (χ1n) is 10.5. The van der Waals surface area contributed by atoms with Crippen LogP contribution in [-0.4, -0.2) is 36.5 Å². The summed E-state index contributed by atoms with van der Waals surface area (Å²) < 4.78 is 5.21. The van der Waals surface area contributed by atoms with E-state index in [1.165, 1.54) is 5.56 Å². The van der Waals surface area contributed by atoms with Gasteiger partial charge < -0.3 is 10.1 Å². The smallest absolute Gasteiger partial charge is 0.338 e. The van der Waals surface area contributed by atoms with Crippen molar-refractivity contribution in [1.82, 2.24) is 4.90 Å². The fraction of sp³-hybridized carbons (Fsp3) is 0.417. The molecule has 3 rings (SSSR count). The van der Waals surface area contributed by atoms with Crippen LogP contribution in [0.25, 0.3) is 0 Å². The number of ether oxygens (including phenoxy) is 1. The van der Waals surface area contributed by atoms with Crippen LogP contribution in [-0.2, 0) is 16.1 Å². The molecule has 0 aromatic heterocycles. The van der Waals surface area contributed by atoms with Gasteiger partial charge in [-0.1, -0.05) is 43.7 Å². The average Bonchev–Trinajstić information content (AvgIpc) is 2.75. The molecule has 0 bridgehead atoms. The molecule has 1 atom stereocenters. The van der Waals surface area contributed by atoms with Gasteiger partial charge in [0.2, 0.25) is 5.91 Å². The van der Waals surface area contributed by atoms with Crippen molar-refractivity contribution in [1.29, 1.82) is 0 Å². The third-order valence-electron chi connectivity index (χ3n) is 5.24. The number of carbonyl (C=O) groups excluding carboxylic acids is 2. The van der Waals surface area contributed by atoms with Crippen LogP contribution in [0, 0.1) is 5.92 Å². The van der Waals surface area contributed by atoms with Gasteiger partial charge in [0.1, 0.15) is 0 Å². The number of anilines is 1. The monoisotopic (exact) mass is 394 g/mol. The summed E-state index contributed by atoms with van der Waals surface area (Å²) >= 11 is 0. The molecule has 0 radical (unpaired) electrons. The highest BCUT2D eigenvalue weighted by atomic mass is 16.5.